The first kappa shape index (κ1) is 12.0. The molecule has 1 atom stereocenters. The average Bonchev–Trinajstić information content (AvgIpc) is 2.40. The largest absolute Gasteiger partial charge is 0.345 e. The predicted octanol–water partition coefficient (Wildman–Crippen LogP) is 1.26. The Morgan fingerprint density at radius 3 is 2.61 bits per heavy atom. The van der Waals surface area contributed by atoms with Crippen LogP contribution in [-0.4, -0.2) is 15.9 Å². The monoisotopic (exact) mass is 243 g/mol. The summed E-state index contributed by atoms with van der Waals surface area (Å²) in [7, 11) is 0. The van der Waals surface area contributed by atoms with Crippen molar-refractivity contribution in [3.63, 3.8) is 0 Å². The molecule has 2 aromatic heterocycles. The SMILES string of the molecule is C[C@@H](NC(=O)c1ccc(=O)[nH]c1)c1ccncc1. The lowest BCUT2D eigenvalue weighted by atomic mass is 10.1. The zero-order chi connectivity index (χ0) is 13.0. The van der Waals surface area contributed by atoms with Crippen LogP contribution in [-0.2, 0) is 0 Å². The van der Waals surface area contributed by atoms with Gasteiger partial charge in [-0.2, -0.15) is 0 Å². The van der Waals surface area contributed by atoms with Crippen LogP contribution < -0.4 is 10.9 Å². The molecule has 0 aliphatic carbocycles. The Morgan fingerprint density at radius 2 is 2.00 bits per heavy atom. The van der Waals surface area contributed by atoms with Gasteiger partial charge < -0.3 is 10.3 Å². The number of aromatic amines is 1. The molecule has 0 saturated carbocycles. The second-order valence-corrected chi connectivity index (χ2v) is 3.92. The van der Waals surface area contributed by atoms with Crippen LogP contribution in [0.15, 0.2) is 47.7 Å². The predicted molar refractivity (Wildman–Crippen MR) is 67.2 cm³/mol. The number of nitrogens with zero attached hydrogens (tertiary/aromatic N) is 1. The highest BCUT2D eigenvalue weighted by Crippen LogP contribution is 2.10. The first-order valence-corrected chi connectivity index (χ1v) is 5.56. The van der Waals surface area contributed by atoms with Gasteiger partial charge in [0.15, 0.2) is 0 Å². The summed E-state index contributed by atoms with van der Waals surface area (Å²) in [6.45, 7) is 1.89. The van der Waals surface area contributed by atoms with E-state index >= 15 is 0 Å². The Morgan fingerprint density at radius 1 is 1.28 bits per heavy atom. The molecule has 5 nitrogen and oxygen atoms in total. The normalized spacial score (nSPS) is 11.8. The van der Waals surface area contributed by atoms with Gasteiger partial charge in [0.2, 0.25) is 5.56 Å². The van der Waals surface area contributed by atoms with Crippen LogP contribution in [0.2, 0.25) is 0 Å². The van der Waals surface area contributed by atoms with Crippen molar-refractivity contribution in [2.75, 3.05) is 0 Å². The lowest BCUT2D eigenvalue weighted by Gasteiger charge is -2.13. The van der Waals surface area contributed by atoms with E-state index in [0.717, 1.165) is 5.56 Å². The van der Waals surface area contributed by atoms with Gasteiger partial charge in [0.25, 0.3) is 5.91 Å². The number of hydrogen-bond acceptors (Lipinski definition) is 3. The van der Waals surface area contributed by atoms with E-state index in [1.54, 1.807) is 12.4 Å². The molecule has 0 bridgehead atoms. The third-order valence-corrected chi connectivity index (χ3v) is 2.60. The summed E-state index contributed by atoms with van der Waals surface area (Å²) in [6, 6.07) is 6.39. The highest BCUT2D eigenvalue weighted by molar-refractivity contribution is 5.94. The van der Waals surface area contributed by atoms with Gasteiger partial charge in [-0.25, -0.2) is 0 Å². The second kappa shape index (κ2) is 5.27. The summed E-state index contributed by atoms with van der Waals surface area (Å²) in [6.07, 6.45) is 4.76. The van der Waals surface area contributed by atoms with E-state index in [0.29, 0.717) is 5.56 Å². The van der Waals surface area contributed by atoms with Crippen LogP contribution in [0.25, 0.3) is 0 Å². The fourth-order valence-corrected chi connectivity index (χ4v) is 1.57. The summed E-state index contributed by atoms with van der Waals surface area (Å²) in [5.74, 6) is -0.226. The maximum atomic E-state index is 11.9. The molecule has 0 aliphatic heterocycles. The van der Waals surface area contributed by atoms with E-state index in [9.17, 15) is 9.59 Å². The van der Waals surface area contributed by atoms with Crippen molar-refractivity contribution < 1.29 is 4.79 Å². The van der Waals surface area contributed by atoms with Crippen LogP contribution in [0.1, 0.15) is 28.9 Å². The van der Waals surface area contributed by atoms with Crippen LogP contribution in [0.3, 0.4) is 0 Å². The molecule has 92 valence electrons. The summed E-state index contributed by atoms with van der Waals surface area (Å²) in [5.41, 5.74) is 1.17. The van der Waals surface area contributed by atoms with Gasteiger partial charge >= 0.3 is 0 Å². The Kier molecular flexibility index (Phi) is 3.52. The van der Waals surface area contributed by atoms with Gasteiger partial charge in [-0.15, -0.1) is 0 Å². The number of pyridine rings is 2. The molecule has 1 amide bonds. The minimum Gasteiger partial charge on any atom is -0.345 e. The van der Waals surface area contributed by atoms with Crippen LogP contribution in [0.5, 0.6) is 0 Å². The van der Waals surface area contributed by atoms with Gasteiger partial charge in [0.1, 0.15) is 0 Å². The fourth-order valence-electron chi connectivity index (χ4n) is 1.57. The van der Waals surface area contributed by atoms with Crippen molar-refractivity contribution in [3.05, 3.63) is 64.3 Å². The van der Waals surface area contributed by atoms with Crippen molar-refractivity contribution in [1.29, 1.82) is 0 Å². The molecule has 5 heteroatoms. The van der Waals surface area contributed by atoms with E-state index in [-0.39, 0.29) is 17.5 Å². The summed E-state index contributed by atoms with van der Waals surface area (Å²) in [4.78, 5) is 29.2. The maximum Gasteiger partial charge on any atom is 0.253 e. The number of amides is 1. The van der Waals surface area contributed by atoms with Crippen molar-refractivity contribution >= 4 is 5.91 Å². The Balaban J connectivity index is 2.08. The first-order valence-electron chi connectivity index (χ1n) is 5.56. The number of aromatic nitrogens is 2. The third-order valence-electron chi connectivity index (χ3n) is 2.60. The van der Waals surface area contributed by atoms with Gasteiger partial charge in [0, 0.05) is 24.7 Å². The molecule has 0 saturated heterocycles. The standard InChI is InChI=1S/C13H13N3O2/c1-9(10-4-6-14-7-5-10)16-13(18)11-2-3-12(17)15-8-11/h2-9H,1H3,(H,15,17)(H,16,18)/t9-/m1/s1. The van der Waals surface area contributed by atoms with E-state index in [1.807, 2.05) is 19.1 Å². The number of carbonyl (C=O) groups excluding carboxylic acids is 1. The molecule has 18 heavy (non-hydrogen) atoms. The molecule has 2 rings (SSSR count). The molecular formula is C13H13N3O2. The topological polar surface area (TPSA) is 74.8 Å². The number of rotatable bonds is 3. The smallest absolute Gasteiger partial charge is 0.253 e. The average molecular weight is 243 g/mol. The quantitative estimate of drug-likeness (QED) is 0.852. The zero-order valence-corrected chi connectivity index (χ0v) is 9.88. The number of carbonyl (C=O) groups is 1. The molecule has 0 unspecified atom stereocenters. The molecule has 0 aliphatic rings. The third kappa shape index (κ3) is 2.82. The van der Waals surface area contributed by atoms with E-state index < -0.39 is 0 Å². The van der Waals surface area contributed by atoms with E-state index in [2.05, 4.69) is 15.3 Å². The lowest BCUT2D eigenvalue weighted by Crippen LogP contribution is -2.27. The van der Waals surface area contributed by atoms with Crippen molar-refractivity contribution in [2.24, 2.45) is 0 Å². The van der Waals surface area contributed by atoms with Crippen molar-refractivity contribution in [1.82, 2.24) is 15.3 Å². The number of H-pyrrole nitrogens is 1. The molecule has 2 N–H and O–H groups in total. The van der Waals surface area contributed by atoms with Gasteiger partial charge in [-0.3, -0.25) is 14.6 Å². The second-order valence-electron chi connectivity index (χ2n) is 3.92. The highest BCUT2D eigenvalue weighted by Gasteiger charge is 2.10. The van der Waals surface area contributed by atoms with Crippen molar-refractivity contribution in [3.8, 4) is 0 Å². The maximum absolute atomic E-state index is 11.9. The molecule has 0 aromatic carbocycles. The summed E-state index contributed by atoms with van der Waals surface area (Å²) < 4.78 is 0. The van der Waals surface area contributed by atoms with Crippen LogP contribution in [0, 0.1) is 0 Å². The Bertz CT molecular complexity index is 572. The van der Waals surface area contributed by atoms with E-state index in [1.165, 1.54) is 18.3 Å². The Labute approximate surface area is 104 Å². The van der Waals surface area contributed by atoms with Gasteiger partial charge in [-0.1, -0.05) is 0 Å². The summed E-state index contributed by atoms with van der Waals surface area (Å²) in [5, 5.41) is 2.84. The highest BCUT2D eigenvalue weighted by atomic mass is 16.2. The van der Waals surface area contributed by atoms with E-state index in [4.69, 9.17) is 0 Å². The number of nitrogens with one attached hydrogen (secondary N) is 2. The minimum atomic E-state index is -0.228. The molecule has 0 radical (unpaired) electrons. The fraction of sp³-hybridized carbons (Fsp3) is 0.154. The Hall–Kier alpha value is -2.43. The lowest BCUT2D eigenvalue weighted by molar-refractivity contribution is 0.0939. The van der Waals surface area contributed by atoms with Crippen LogP contribution >= 0.6 is 0 Å². The van der Waals surface area contributed by atoms with Crippen LogP contribution in [0.4, 0.5) is 0 Å². The van der Waals surface area contributed by atoms with Gasteiger partial charge in [-0.05, 0) is 30.7 Å². The van der Waals surface area contributed by atoms with Crippen molar-refractivity contribution in [2.45, 2.75) is 13.0 Å². The summed E-state index contributed by atoms with van der Waals surface area (Å²) >= 11 is 0. The number of hydrogen-bond donors (Lipinski definition) is 2. The minimum absolute atomic E-state index is 0.118. The van der Waals surface area contributed by atoms with Gasteiger partial charge in [0.05, 0.1) is 11.6 Å². The molecule has 0 spiro atoms. The molecule has 2 aromatic rings. The zero-order valence-electron chi connectivity index (χ0n) is 9.88. The molecular weight excluding hydrogens is 230 g/mol. The first-order chi connectivity index (χ1) is 8.66. The molecule has 2 heterocycles. The molecule has 0 fully saturated rings.